The van der Waals surface area contributed by atoms with Gasteiger partial charge in [0, 0.05) is 17.3 Å². The molecule has 1 aromatic rings. The first-order valence-electron chi connectivity index (χ1n) is 7.14. The Labute approximate surface area is 118 Å². The van der Waals surface area contributed by atoms with E-state index in [-0.39, 0.29) is 0 Å². The highest BCUT2D eigenvalue weighted by molar-refractivity contribution is 9.09. The van der Waals surface area contributed by atoms with E-state index in [4.69, 9.17) is 0 Å². The minimum Gasteiger partial charge on any atom is -0.248 e. The van der Waals surface area contributed by atoms with Gasteiger partial charge in [-0.05, 0) is 44.9 Å². The first-order chi connectivity index (χ1) is 8.61. The Balaban J connectivity index is 2.05. The minimum atomic E-state index is 0.404. The second-order valence-electron chi connectivity index (χ2n) is 5.78. The van der Waals surface area contributed by atoms with Crippen LogP contribution >= 0.6 is 15.9 Å². The molecule has 102 valence electrons. The van der Waals surface area contributed by atoms with Crippen LogP contribution in [0.1, 0.15) is 58.3 Å². The highest BCUT2D eigenvalue weighted by atomic mass is 79.9. The molecule has 3 atom stereocenters. The van der Waals surface area contributed by atoms with Gasteiger partial charge < -0.3 is 0 Å². The lowest BCUT2D eigenvalue weighted by atomic mass is 9.78. The fourth-order valence-corrected chi connectivity index (χ4v) is 3.66. The summed E-state index contributed by atoms with van der Waals surface area (Å²) in [6.45, 7) is 6.64. The molecule has 1 heterocycles. The van der Waals surface area contributed by atoms with Crippen LogP contribution in [0.25, 0.3) is 0 Å². The van der Waals surface area contributed by atoms with Crippen LogP contribution in [0, 0.1) is 11.8 Å². The van der Waals surface area contributed by atoms with Crippen molar-refractivity contribution in [2.24, 2.45) is 11.8 Å². The number of alkyl halides is 1. The fourth-order valence-electron chi connectivity index (χ4n) is 2.99. The number of halogens is 1. The van der Waals surface area contributed by atoms with Crippen LogP contribution in [0.3, 0.4) is 0 Å². The van der Waals surface area contributed by atoms with Crippen LogP contribution in [0.15, 0.2) is 6.33 Å². The van der Waals surface area contributed by atoms with Crippen LogP contribution in [0.4, 0.5) is 0 Å². The number of hydrogen-bond donors (Lipinski definition) is 0. The van der Waals surface area contributed by atoms with Gasteiger partial charge >= 0.3 is 0 Å². The van der Waals surface area contributed by atoms with Crippen molar-refractivity contribution in [3.8, 4) is 0 Å². The molecular formula is C14H24BrN3. The van der Waals surface area contributed by atoms with Gasteiger partial charge in [0.05, 0.1) is 0 Å². The molecule has 0 radical (unpaired) electrons. The van der Waals surface area contributed by atoms with Gasteiger partial charge in [0.1, 0.15) is 12.2 Å². The van der Waals surface area contributed by atoms with Crippen LogP contribution < -0.4 is 0 Å². The standard InChI is InChI=1S/C14H24BrN3/c1-4-11-5-6-13(15)12(7-11)8-14-16-9-17-18(14)10(2)3/h9-13H,4-8H2,1-3H3. The molecule has 0 amide bonds. The molecule has 0 aromatic carbocycles. The van der Waals surface area contributed by atoms with E-state index in [1.54, 1.807) is 6.33 Å². The van der Waals surface area contributed by atoms with E-state index >= 15 is 0 Å². The second kappa shape index (κ2) is 6.18. The Hall–Kier alpha value is -0.380. The molecule has 0 spiro atoms. The largest absolute Gasteiger partial charge is 0.248 e. The van der Waals surface area contributed by atoms with Crippen molar-refractivity contribution in [3.63, 3.8) is 0 Å². The van der Waals surface area contributed by atoms with E-state index in [0.717, 1.165) is 18.2 Å². The van der Waals surface area contributed by atoms with Gasteiger partial charge in [-0.15, -0.1) is 0 Å². The van der Waals surface area contributed by atoms with Crippen LogP contribution in [-0.4, -0.2) is 19.6 Å². The summed E-state index contributed by atoms with van der Waals surface area (Å²) < 4.78 is 2.06. The maximum atomic E-state index is 4.45. The van der Waals surface area contributed by atoms with Crippen molar-refractivity contribution in [1.29, 1.82) is 0 Å². The fraction of sp³-hybridized carbons (Fsp3) is 0.857. The first-order valence-corrected chi connectivity index (χ1v) is 8.05. The smallest absolute Gasteiger partial charge is 0.138 e. The lowest BCUT2D eigenvalue weighted by molar-refractivity contribution is 0.265. The molecule has 2 rings (SSSR count). The summed E-state index contributed by atoms with van der Waals surface area (Å²) in [7, 11) is 0. The highest BCUT2D eigenvalue weighted by Gasteiger charge is 2.29. The Morgan fingerprint density at radius 1 is 1.44 bits per heavy atom. The van der Waals surface area contributed by atoms with Gasteiger partial charge in [-0.3, -0.25) is 0 Å². The van der Waals surface area contributed by atoms with Crippen molar-refractivity contribution in [2.75, 3.05) is 0 Å². The van der Waals surface area contributed by atoms with Crippen molar-refractivity contribution in [1.82, 2.24) is 14.8 Å². The average Bonchev–Trinajstić information content (AvgIpc) is 2.80. The molecule has 0 saturated heterocycles. The van der Waals surface area contributed by atoms with E-state index in [1.807, 2.05) is 0 Å². The van der Waals surface area contributed by atoms with Crippen LogP contribution in [0.5, 0.6) is 0 Å². The summed E-state index contributed by atoms with van der Waals surface area (Å²) in [6, 6.07) is 0.404. The topological polar surface area (TPSA) is 30.7 Å². The maximum Gasteiger partial charge on any atom is 0.138 e. The molecule has 0 N–H and O–H groups in total. The monoisotopic (exact) mass is 313 g/mol. The predicted octanol–water partition coefficient (Wildman–Crippen LogP) is 3.99. The molecule has 1 saturated carbocycles. The van der Waals surface area contributed by atoms with E-state index in [0.29, 0.717) is 16.8 Å². The van der Waals surface area contributed by atoms with Crippen molar-refractivity contribution < 1.29 is 0 Å². The molecule has 1 aliphatic rings. The summed E-state index contributed by atoms with van der Waals surface area (Å²) in [4.78, 5) is 5.10. The van der Waals surface area contributed by atoms with E-state index in [2.05, 4.69) is 51.5 Å². The molecule has 1 aliphatic carbocycles. The summed E-state index contributed by atoms with van der Waals surface area (Å²) in [6.07, 6.45) is 8.08. The third kappa shape index (κ3) is 3.14. The summed E-state index contributed by atoms with van der Waals surface area (Å²) in [5, 5.41) is 4.34. The Morgan fingerprint density at radius 2 is 2.22 bits per heavy atom. The maximum absolute atomic E-state index is 4.45. The summed E-state index contributed by atoms with van der Waals surface area (Å²) in [5.41, 5.74) is 0. The summed E-state index contributed by atoms with van der Waals surface area (Å²) >= 11 is 3.86. The lowest BCUT2D eigenvalue weighted by Gasteiger charge is -2.32. The third-order valence-electron chi connectivity index (χ3n) is 4.16. The SMILES string of the molecule is CCC1CCC(Br)C(Cc2ncnn2C(C)C)C1. The normalized spacial score (nSPS) is 28.8. The quantitative estimate of drug-likeness (QED) is 0.787. The number of aromatic nitrogens is 3. The molecule has 1 aromatic heterocycles. The molecule has 0 aliphatic heterocycles. The second-order valence-corrected chi connectivity index (χ2v) is 6.96. The Morgan fingerprint density at radius 3 is 2.89 bits per heavy atom. The van der Waals surface area contributed by atoms with E-state index < -0.39 is 0 Å². The van der Waals surface area contributed by atoms with Gasteiger partial charge in [-0.1, -0.05) is 29.3 Å². The predicted molar refractivity (Wildman–Crippen MR) is 77.9 cm³/mol. The van der Waals surface area contributed by atoms with Gasteiger partial charge in [0.15, 0.2) is 0 Å². The highest BCUT2D eigenvalue weighted by Crippen LogP contribution is 2.37. The minimum absolute atomic E-state index is 0.404. The number of hydrogen-bond acceptors (Lipinski definition) is 2. The summed E-state index contributed by atoms with van der Waals surface area (Å²) in [5.74, 6) is 2.76. The zero-order valence-corrected chi connectivity index (χ0v) is 13.2. The van der Waals surface area contributed by atoms with Crippen LogP contribution in [0.2, 0.25) is 0 Å². The van der Waals surface area contributed by atoms with Gasteiger partial charge in [-0.25, -0.2) is 9.67 Å². The number of nitrogens with zero attached hydrogens (tertiary/aromatic N) is 3. The molecule has 18 heavy (non-hydrogen) atoms. The van der Waals surface area contributed by atoms with Crippen LogP contribution in [-0.2, 0) is 6.42 Å². The van der Waals surface area contributed by atoms with E-state index in [1.165, 1.54) is 25.7 Å². The molecular weight excluding hydrogens is 290 g/mol. The molecule has 3 unspecified atom stereocenters. The molecule has 1 fully saturated rings. The molecule has 0 bridgehead atoms. The first kappa shape index (κ1) is 14.0. The lowest BCUT2D eigenvalue weighted by Crippen LogP contribution is -2.28. The van der Waals surface area contributed by atoms with Gasteiger partial charge in [0.2, 0.25) is 0 Å². The number of rotatable bonds is 4. The van der Waals surface area contributed by atoms with E-state index in [9.17, 15) is 0 Å². The zero-order chi connectivity index (χ0) is 13.1. The van der Waals surface area contributed by atoms with Crippen molar-refractivity contribution >= 4 is 15.9 Å². The average molecular weight is 314 g/mol. The van der Waals surface area contributed by atoms with Gasteiger partial charge in [-0.2, -0.15) is 5.10 Å². The van der Waals surface area contributed by atoms with Crippen molar-refractivity contribution in [2.45, 2.75) is 63.7 Å². The zero-order valence-electron chi connectivity index (χ0n) is 11.6. The Kier molecular flexibility index (Phi) is 4.82. The third-order valence-corrected chi connectivity index (χ3v) is 5.36. The van der Waals surface area contributed by atoms with Crippen molar-refractivity contribution in [3.05, 3.63) is 12.2 Å². The van der Waals surface area contributed by atoms with Gasteiger partial charge in [0.25, 0.3) is 0 Å². The molecule has 4 heteroatoms. The molecule has 3 nitrogen and oxygen atoms in total. The Bertz CT molecular complexity index is 375.